The lowest BCUT2D eigenvalue weighted by Gasteiger charge is -2.38. The molecule has 1 fully saturated rings. The van der Waals surface area contributed by atoms with Crippen molar-refractivity contribution in [2.45, 2.75) is 75.8 Å². The van der Waals surface area contributed by atoms with Gasteiger partial charge in [0.1, 0.15) is 17.3 Å². The highest BCUT2D eigenvalue weighted by molar-refractivity contribution is 7.91. The Kier molecular flexibility index (Phi) is 8.34. The number of halogens is 4. The van der Waals surface area contributed by atoms with Crippen molar-refractivity contribution < 1.29 is 21.6 Å². The third kappa shape index (κ3) is 6.54. The van der Waals surface area contributed by atoms with Gasteiger partial charge in [0.05, 0.1) is 22.3 Å². The number of rotatable bonds is 9. The summed E-state index contributed by atoms with van der Waals surface area (Å²) in [6, 6.07) is 10.7. The number of nitrogens with one attached hydrogen (secondary N) is 2. The van der Waals surface area contributed by atoms with E-state index in [1.807, 2.05) is 18.5 Å². The zero-order valence-electron chi connectivity index (χ0n) is 24.8. The first kappa shape index (κ1) is 31.4. The minimum absolute atomic E-state index is 0.0681. The van der Waals surface area contributed by atoms with Crippen LogP contribution in [0, 0.1) is 5.82 Å². The minimum Gasteiger partial charge on any atom is -0.383 e. The Morgan fingerprint density at radius 2 is 1.91 bits per heavy atom. The molecule has 2 aliphatic rings. The van der Waals surface area contributed by atoms with Crippen LogP contribution >= 0.6 is 11.6 Å². The summed E-state index contributed by atoms with van der Waals surface area (Å²) in [7, 11) is -3.96. The summed E-state index contributed by atoms with van der Waals surface area (Å²) >= 11 is 6.12. The van der Waals surface area contributed by atoms with Crippen molar-refractivity contribution in [1.82, 2.24) is 20.1 Å². The van der Waals surface area contributed by atoms with E-state index in [2.05, 4.69) is 21.1 Å². The van der Waals surface area contributed by atoms with Gasteiger partial charge in [-0.25, -0.2) is 26.6 Å². The number of sulfonamides is 1. The highest BCUT2D eigenvalue weighted by atomic mass is 35.5. The molecule has 0 radical (unpaired) electrons. The average molecular weight is 659 g/mol. The van der Waals surface area contributed by atoms with E-state index in [-0.39, 0.29) is 42.5 Å². The maximum absolute atomic E-state index is 15.4. The highest BCUT2D eigenvalue weighted by Gasteiger charge is 2.45. The predicted molar refractivity (Wildman–Crippen MR) is 172 cm³/mol. The summed E-state index contributed by atoms with van der Waals surface area (Å²) in [5.41, 5.74) is 10.1. The molecule has 0 saturated heterocycles. The molecule has 1 atom stereocenters. The van der Waals surface area contributed by atoms with Crippen LogP contribution in [-0.2, 0) is 15.8 Å². The fourth-order valence-electron chi connectivity index (χ4n) is 6.12. The molecular weight excluding hydrogens is 625 g/mol. The number of hydrogen-bond donors (Lipinski definition) is 3. The van der Waals surface area contributed by atoms with Crippen LogP contribution in [0.2, 0.25) is 5.02 Å². The Bertz CT molecular complexity index is 1900. The molecule has 2 heterocycles. The van der Waals surface area contributed by atoms with Gasteiger partial charge in [-0.3, -0.25) is 9.40 Å². The number of aromatic nitrogens is 3. The van der Waals surface area contributed by atoms with Crippen LogP contribution in [0.5, 0.6) is 0 Å². The second-order valence-electron chi connectivity index (χ2n) is 12.1. The molecule has 6 rings (SSSR count). The first-order chi connectivity index (χ1) is 21.3. The molecule has 0 spiro atoms. The van der Waals surface area contributed by atoms with Gasteiger partial charge in [0.2, 0.25) is 10.0 Å². The molecule has 13 heteroatoms. The van der Waals surface area contributed by atoms with Crippen molar-refractivity contribution in [3.8, 4) is 11.3 Å². The van der Waals surface area contributed by atoms with Gasteiger partial charge in [-0.2, -0.15) is 5.10 Å². The van der Waals surface area contributed by atoms with Crippen LogP contribution in [-0.4, -0.2) is 41.2 Å². The average Bonchev–Trinajstić information content (AvgIpc) is 3.37. The van der Waals surface area contributed by atoms with Crippen molar-refractivity contribution in [2.75, 3.05) is 10.5 Å². The maximum atomic E-state index is 15.4. The second kappa shape index (κ2) is 12.0. The van der Waals surface area contributed by atoms with Crippen LogP contribution in [0.3, 0.4) is 0 Å². The Hall–Kier alpha value is -3.61. The molecule has 0 aliphatic heterocycles. The van der Waals surface area contributed by atoms with E-state index >= 15 is 4.39 Å². The van der Waals surface area contributed by atoms with E-state index in [1.165, 1.54) is 12.1 Å². The van der Waals surface area contributed by atoms with Crippen molar-refractivity contribution in [3.05, 3.63) is 76.7 Å². The first-order valence-corrected chi connectivity index (χ1v) is 16.9. The highest BCUT2D eigenvalue weighted by Crippen LogP contribution is 2.41. The molecule has 0 amide bonds. The molecule has 0 unspecified atom stereocenters. The van der Waals surface area contributed by atoms with E-state index in [9.17, 15) is 17.2 Å². The van der Waals surface area contributed by atoms with Crippen LogP contribution < -0.4 is 15.8 Å². The SMILES string of the molecule is CC(C)n1nc(-c2ccc(NS(=O)(=O)Cc3ccccc3Cl)c(F)c2)c2c(N)ncc(C3=CC[C@@H](NC4CC(F)(F)C4)CC3)c21. The van der Waals surface area contributed by atoms with Crippen molar-refractivity contribution in [3.63, 3.8) is 0 Å². The largest absolute Gasteiger partial charge is 0.383 e. The van der Waals surface area contributed by atoms with Gasteiger partial charge in [0.15, 0.2) is 0 Å². The predicted octanol–water partition coefficient (Wildman–Crippen LogP) is 7.32. The molecular formula is C32H34ClF3N6O2S. The van der Waals surface area contributed by atoms with Gasteiger partial charge in [-0.05, 0) is 62.4 Å². The zero-order valence-corrected chi connectivity index (χ0v) is 26.4. The lowest BCUT2D eigenvalue weighted by molar-refractivity contribution is -0.0948. The molecule has 45 heavy (non-hydrogen) atoms. The summed E-state index contributed by atoms with van der Waals surface area (Å²) in [4.78, 5) is 4.47. The first-order valence-electron chi connectivity index (χ1n) is 14.8. The normalized spacial score (nSPS) is 18.6. The smallest absolute Gasteiger partial charge is 0.251 e. The fourth-order valence-corrected chi connectivity index (χ4v) is 7.63. The minimum atomic E-state index is -3.96. The Labute approximate surface area is 264 Å². The number of hydrogen-bond acceptors (Lipinski definition) is 6. The third-order valence-electron chi connectivity index (χ3n) is 8.37. The van der Waals surface area contributed by atoms with Crippen LogP contribution in [0.1, 0.15) is 63.1 Å². The van der Waals surface area contributed by atoms with E-state index < -0.39 is 27.5 Å². The summed E-state index contributed by atoms with van der Waals surface area (Å²) in [5, 5.41) is 9.08. The number of nitrogens with zero attached hydrogens (tertiary/aromatic N) is 3. The Morgan fingerprint density at radius 1 is 1.16 bits per heavy atom. The number of pyridine rings is 1. The number of benzene rings is 2. The molecule has 8 nitrogen and oxygen atoms in total. The van der Waals surface area contributed by atoms with Crippen LogP contribution in [0.4, 0.5) is 24.7 Å². The monoisotopic (exact) mass is 658 g/mol. The summed E-state index contributed by atoms with van der Waals surface area (Å²) in [6.45, 7) is 3.97. The molecule has 2 aliphatic carbocycles. The number of nitrogens with two attached hydrogens (primary N) is 1. The molecule has 0 bridgehead atoms. The van der Waals surface area contributed by atoms with Gasteiger partial charge >= 0.3 is 0 Å². The lowest BCUT2D eigenvalue weighted by atomic mass is 9.85. The Balaban J connectivity index is 1.29. The van der Waals surface area contributed by atoms with Crippen LogP contribution in [0.25, 0.3) is 27.7 Å². The van der Waals surface area contributed by atoms with Crippen LogP contribution in [0.15, 0.2) is 54.7 Å². The van der Waals surface area contributed by atoms with Gasteiger partial charge in [-0.1, -0.05) is 41.9 Å². The molecule has 2 aromatic heterocycles. The summed E-state index contributed by atoms with van der Waals surface area (Å²) in [6.07, 6.45) is 5.82. The number of fused-ring (bicyclic) bond motifs is 1. The van der Waals surface area contributed by atoms with Crippen molar-refractivity contribution in [2.24, 2.45) is 0 Å². The molecule has 4 N–H and O–H groups in total. The van der Waals surface area contributed by atoms with Gasteiger partial charge < -0.3 is 11.1 Å². The maximum Gasteiger partial charge on any atom is 0.251 e. The quantitative estimate of drug-likeness (QED) is 0.174. The summed E-state index contributed by atoms with van der Waals surface area (Å²) < 4.78 is 71.8. The van der Waals surface area contributed by atoms with Crippen molar-refractivity contribution in [1.29, 1.82) is 0 Å². The Morgan fingerprint density at radius 3 is 2.56 bits per heavy atom. The van der Waals surface area contributed by atoms with Crippen molar-refractivity contribution >= 4 is 49.6 Å². The van der Waals surface area contributed by atoms with Gasteiger partial charge in [0, 0.05) is 53.3 Å². The fraction of sp³-hybridized carbons (Fsp3) is 0.375. The summed E-state index contributed by atoms with van der Waals surface area (Å²) in [5.74, 6) is -3.51. The number of anilines is 2. The van der Waals surface area contributed by atoms with E-state index in [0.717, 1.165) is 29.5 Å². The van der Waals surface area contributed by atoms with Gasteiger partial charge in [-0.15, -0.1) is 0 Å². The topological polar surface area (TPSA) is 115 Å². The molecule has 4 aromatic rings. The molecule has 238 valence electrons. The van der Waals surface area contributed by atoms with E-state index in [0.29, 0.717) is 33.7 Å². The van der Waals surface area contributed by atoms with Gasteiger partial charge in [0.25, 0.3) is 5.92 Å². The van der Waals surface area contributed by atoms with E-state index in [4.69, 9.17) is 22.4 Å². The van der Waals surface area contributed by atoms with E-state index in [1.54, 1.807) is 36.5 Å². The lowest BCUT2D eigenvalue weighted by Crippen LogP contribution is -2.52. The number of allylic oxidation sites excluding steroid dienone is 1. The number of alkyl halides is 2. The standard InChI is InChI=1S/C32H34ClF3N6O2S/c1-18(2)42-30-24(19-7-10-22(11-8-19)39-23-14-32(35,36)15-23)16-38-31(37)28(30)29(40-42)20-9-12-27(26(34)13-20)41-45(43,44)17-21-5-3-4-6-25(21)33/h3-7,9,12-13,16,18,22-23,39,41H,8,10-11,14-15,17H2,1-2H3,(H2,37,38)/t22-/m1/s1. The molecule has 2 aromatic carbocycles. The zero-order chi connectivity index (χ0) is 32.1. The number of nitrogen functional groups attached to an aromatic ring is 1. The molecule has 1 saturated carbocycles. The second-order valence-corrected chi connectivity index (χ2v) is 14.3. The third-order valence-corrected chi connectivity index (χ3v) is 9.96.